The summed E-state index contributed by atoms with van der Waals surface area (Å²) in [6.07, 6.45) is -1.65. The topological polar surface area (TPSA) is 365 Å². The number of carboxylic acids is 2. The number of hydrogen-bond acceptors (Lipinski definition) is 12. The van der Waals surface area contributed by atoms with Crippen LogP contribution in [0.3, 0.4) is 0 Å². The molecule has 0 aliphatic carbocycles. The number of nitrogens with one attached hydrogen (secondary N) is 6. The average molecular weight is 690 g/mol. The van der Waals surface area contributed by atoms with Crippen LogP contribution in [-0.2, 0) is 43.2 Å². The first-order chi connectivity index (χ1) is 22.1. The fourth-order valence-electron chi connectivity index (χ4n) is 3.69. The number of carbonyl (C=O) groups excluding carboxylic acids is 7. The van der Waals surface area contributed by atoms with Crippen LogP contribution in [0.1, 0.15) is 59.8 Å². The van der Waals surface area contributed by atoms with E-state index in [0.717, 1.165) is 0 Å². The number of primary amides is 1. The number of aliphatic hydroxyl groups is 1. The van der Waals surface area contributed by atoms with Gasteiger partial charge in [0.05, 0.1) is 18.6 Å². The lowest BCUT2D eigenvalue weighted by molar-refractivity contribution is -0.141. The molecule has 0 aliphatic rings. The summed E-state index contributed by atoms with van der Waals surface area (Å²) in [6.45, 7) is 4.37. The number of aliphatic carboxylic acids is 2. The molecule has 21 heteroatoms. The number of hydrogen-bond donors (Lipinski definition) is 12. The van der Waals surface area contributed by atoms with Crippen LogP contribution in [-0.4, -0.2) is 124 Å². The molecular formula is C27H47N9O12. The minimum atomic E-state index is -1.63. The molecule has 6 atom stereocenters. The Morgan fingerprint density at radius 3 is 1.48 bits per heavy atom. The summed E-state index contributed by atoms with van der Waals surface area (Å²) in [5.74, 6) is -9.49. The van der Waals surface area contributed by atoms with Crippen LogP contribution < -0.4 is 49.1 Å². The summed E-state index contributed by atoms with van der Waals surface area (Å²) in [5.41, 5.74) is 14.8. The highest BCUT2D eigenvalue weighted by molar-refractivity contribution is 5.98. The molecule has 0 rings (SSSR count). The van der Waals surface area contributed by atoms with Gasteiger partial charge in [-0.05, 0) is 53.5 Å². The summed E-state index contributed by atoms with van der Waals surface area (Å²) in [7, 11) is 0. The van der Waals surface area contributed by atoms with E-state index >= 15 is 0 Å². The van der Waals surface area contributed by atoms with Crippen LogP contribution in [0, 0.1) is 0 Å². The molecular weight excluding hydrogens is 642 g/mol. The molecule has 0 saturated heterocycles. The molecule has 0 aliphatic heterocycles. The van der Waals surface area contributed by atoms with E-state index in [1.54, 1.807) is 0 Å². The maximum absolute atomic E-state index is 13.1. The molecule has 0 bridgehead atoms. The Balaban J connectivity index is 5.69. The molecule has 48 heavy (non-hydrogen) atoms. The summed E-state index contributed by atoms with van der Waals surface area (Å²) in [5, 5.41) is 41.1. The maximum Gasteiger partial charge on any atom is 0.305 e. The molecule has 21 nitrogen and oxygen atoms in total. The Hall–Kier alpha value is -4.89. The van der Waals surface area contributed by atoms with Gasteiger partial charge in [0, 0.05) is 6.42 Å². The normalized spacial score (nSPS) is 14.8. The van der Waals surface area contributed by atoms with Crippen molar-refractivity contribution in [2.75, 3.05) is 13.2 Å². The standard InChI is InChI=1S/C27H47N9O12/c1-12(21(43)33-14(6-5-9-28)24(46)35-17(11-37)20(29)42)31-23(45)15(7-8-18(38)39)34-22(44)13(2)32-25(47)16(10-19(40)41)36-26(48)27(3,4)30/h12-17,37H,5-11,28,30H2,1-4H3,(H2,29,42)(H,31,45)(H,32,47)(H,33,43)(H,34,44)(H,35,46)(H,36,48)(H,38,39)(H,40,41). The summed E-state index contributed by atoms with van der Waals surface area (Å²) >= 11 is 0. The van der Waals surface area contributed by atoms with Crippen molar-refractivity contribution in [1.29, 1.82) is 0 Å². The Morgan fingerprint density at radius 2 is 1.08 bits per heavy atom. The SMILES string of the molecule is CC(NC(=O)C(CCC(=O)O)NC(=O)C(C)NC(=O)C(CC(=O)O)NC(=O)C(C)(C)N)C(=O)NC(CCCN)C(=O)NC(CO)C(N)=O. The van der Waals surface area contributed by atoms with Crippen molar-refractivity contribution < 1.29 is 58.5 Å². The lowest BCUT2D eigenvalue weighted by atomic mass is 10.0. The van der Waals surface area contributed by atoms with Crippen LogP contribution in [0.25, 0.3) is 0 Å². The molecule has 0 aromatic heterocycles. The predicted molar refractivity (Wildman–Crippen MR) is 165 cm³/mol. The number of carbonyl (C=O) groups is 9. The van der Waals surface area contributed by atoms with Crippen molar-refractivity contribution in [3.8, 4) is 0 Å². The number of amides is 7. The Bertz CT molecular complexity index is 1210. The number of nitrogens with two attached hydrogens (primary N) is 3. The highest BCUT2D eigenvalue weighted by Gasteiger charge is 2.33. The van der Waals surface area contributed by atoms with Gasteiger partial charge in [0.15, 0.2) is 0 Å². The second kappa shape index (κ2) is 20.4. The van der Waals surface area contributed by atoms with Gasteiger partial charge in [-0.1, -0.05) is 0 Å². The quantitative estimate of drug-likeness (QED) is 0.0504. The fourth-order valence-corrected chi connectivity index (χ4v) is 3.69. The van der Waals surface area contributed by atoms with Gasteiger partial charge in [-0.2, -0.15) is 0 Å². The van der Waals surface area contributed by atoms with E-state index in [1.165, 1.54) is 27.7 Å². The van der Waals surface area contributed by atoms with E-state index in [9.17, 15) is 48.3 Å². The molecule has 0 spiro atoms. The molecule has 272 valence electrons. The molecule has 0 saturated carbocycles. The summed E-state index contributed by atoms with van der Waals surface area (Å²) < 4.78 is 0. The van der Waals surface area contributed by atoms with Crippen molar-refractivity contribution in [1.82, 2.24) is 31.9 Å². The largest absolute Gasteiger partial charge is 0.481 e. The van der Waals surface area contributed by atoms with Crippen LogP contribution in [0.15, 0.2) is 0 Å². The third kappa shape index (κ3) is 16.1. The average Bonchev–Trinajstić information content (AvgIpc) is 2.97. The molecule has 15 N–H and O–H groups in total. The van der Waals surface area contributed by atoms with Crippen molar-refractivity contribution in [3.63, 3.8) is 0 Å². The van der Waals surface area contributed by atoms with E-state index in [1.807, 2.05) is 0 Å². The van der Waals surface area contributed by atoms with Gasteiger partial charge in [-0.3, -0.25) is 43.2 Å². The highest BCUT2D eigenvalue weighted by Crippen LogP contribution is 2.04. The van der Waals surface area contributed by atoms with Crippen molar-refractivity contribution >= 4 is 53.3 Å². The molecule has 0 aromatic rings. The third-order valence-electron chi connectivity index (χ3n) is 6.54. The zero-order valence-corrected chi connectivity index (χ0v) is 27.2. The van der Waals surface area contributed by atoms with Crippen molar-refractivity contribution in [2.24, 2.45) is 17.2 Å². The summed E-state index contributed by atoms with van der Waals surface area (Å²) in [4.78, 5) is 110. The van der Waals surface area contributed by atoms with E-state index in [0.29, 0.717) is 0 Å². The zero-order valence-electron chi connectivity index (χ0n) is 27.2. The monoisotopic (exact) mass is 689 g/mol. The minimum absolute atomic E-state index is 0.00748. The molecule has 6 unspecified atom stereocenters. The highest BCUT2D eigenvalue weighted by atomic mass is 16.4. The Labute approximate surface area is 275 Å². The first-order valence-electron chi connectivity index (χ1n) is 14.8. The van der Waals surface area contributed by atoms with Crippen LogP contribution in [0.5, 0.6) is 0 Å². The second-order valence-corrected chi connectivity index (χ2v) is 11.4. The van der Waals surface area contributed by atoms with Crippen LogP contribution in [0.2, 0.25) is 0 Å². The number of aliphatic hydroxyl groups excluding tert-OH is 1. The van der Waals surface area contributed by atoms with E-state index in [2.05, 4.69) is 31.9 Å². The zero-order chi connectivity index (χ0) is 37.4. The van der Waals surface area contributed by atoms with E-state index < -0.39 is 121 Å². The minimum Gasteiger partial charge on any atom is -0.481 e. The first kappa shape index (κ1) is 43.1. The van der Waals surface area contributed by atoms with Crippen LogP contribution in [0.4, 0.5) is 0 Å². The lowest BCUT2D eigenvalue weighted by Gasteiger charge is -2.26. The molecule has 0 radical (unpaired) electrons. The van der Waals surface area contributed by atoms with Gasteiger partial charge in [0.1, 0.15) is 36.3 Å². The first-order valence-corrected chi connectivity index (χ1v) is 14.8. The molecule has 7 amide bonds. The van der Waals surface area contributed by atoms with Crippen LogP contribution >= 0.6 is 0 Å². The second-order valence-electron chi connectivity index (χ2n) is 11.4. The smallest absolute Gasteiger partial charge is 0.305 e. The van der Waals surface area contributed by atoms with Crippen molar-refractivity contribution in [3.05, 3.63) is 0 Å². The number of carboxylic acid groups (broad SMARTS) is 2. The maximum atomic E-state index is 13.1. The Morgan fingerprint density at radius 1 is 0.646 bits per heavy atom. The van der Waals surface area contributed by atoms with E-state index in [-0.39, 0.29) is 19.4 Å². The van der Waals surface area contributed by atoms with Gasteiger partial charge in [-0.25, -0.2) is 0 Å². The van der Waals surface area contributed by atoms with Gasteiger partial charge >= 0.3 is 11.9 Å². The predicted octanol–water partition coefficient (Wildman–Crippen LogP) is -5.77. The van der Waals surface area contributed by atoms with Gasteiger partial charge < -0.3 is 64.4 Å². The molecule has 0 fully saturated rings. The van der Waals surface area contributed by atoms with E-state index in [4.69, 9.17) is 27.4 Å². The van der Waals surface area contributed by atoms with Crippen molar-refractivity contribution in [2.45, 2.75) is 102 Å². The molecule has 0 heterocycles. The lowest BCUT2D eigenvalue weighted by Crippen LogP contribution is -2.60. The van der Waals surface area contributed by atoms with Gasteiger partial charge in [0.25, 0.3) is 0 Å². The number of rotatable bonds is 22. The summed E-state index contributed by atoms with van der Waals surface area (Å²) in [6, 6.07) is -8.65. The third-order valence-corrected chi connectivity index (χ3v) is 6.54. The molecule has 0 aromatic carbocycles. The van der Waals surface area contributed by atoms with Gasteiger partial charge in [0.2, 0.25) is 41.4 Å². The Kier molecular flexibility index (Phi) is 18.3. The fraction of sp³-hybridized carbons (Fsp3) is 0.667. The van der Waals surface area contributed by atoms with Gasteiger partial charge in [-0.15, -0.1) is 0 Å².